The summed E-state index contributed by atoms with van der Waals surface area (Å²) in [6.45, 7) is 4.34. The van der Waals surface area contributed by atoms with Crippen LogP contribution in [0.25, 0.3) is 0 Å². The first-order chi connectivity index (χ1) is 5.64. The lowest BCUT2D eigenvalue weighted by Crippen LogP contribution is -2.36. The van der Waals surface area contributed by atoms with Gasteiger partial charge in [0.15, 0.2) is 0 Å². The monoisotopic (exact) mass is 164 g/mol. The third-order valence-corrected chi connectivity index (χ3v) is 3.74. The SMILES string of the molecule is CC1=C(C)C2(CCC2)CC(=O)C1. The van der Waals surface area contributed by atoms with Crippen LogP contribution in [0.3, 0.4) is 0 Å². The summed E-state index contributed by atoms with van der Waals surface area (Å²) in [6, 6.07) is 0. The highest BCUT2D eigenvalue weighted by Crippen LogP contribution is 2.53. The Morgan fingerprint density at radius 3 is 2.42 bits per heavy atom. The van der Waals surface area contributed by atoms with Gasteiger partial charge in [0, 0.05) is 12.8 Å². The van der Waals surface area contributed by atoms with Gasteiger partial charge in [0.1, 0.15) is 5.78 Å². The highest BCUT2D eigenvalue weighted by Gasteiger charge is 2.43. The largest absolute Gasteiger partial charge is 0.299 e. The van der Waals surface area contributed by atoms with E-state index in [1.54, 1.807) is 0 Å². The lowest BCUT2D eigenvalue weighted by molar-refractivity contribution is -0.122. The molecule has 0 aliphatic heterocycles. The highest BCUT2D eigenvalue weighted by atomic mass is 16.1. The lowest BCUT2D eigenvalue weighted by atomic mass is 9.58. The molecule has 1 heteroatoms. The molecule has 1 nitrogen and oxygen atoms in total. The second-order valence-corrected chi connectivity index (χ2v) is 4.43. The first kappa shape index (κ1) is 8.03. The minimum atomic E-state index is 0.333. The molecule has 0 radical (unpaired) electrons. The quantitative estimate of drug-likeness (QED) is 0.503. The first-order valence-electron chi connectivity index (χ1n) is 4.83. The van der Waals surface area contributed by atoms with Gasteiger partial charge in [-0.3, -0.25) is 4.79 Å². The molecular weight excluding hydrogens is 148 g/mol. The van der Waals surface area contributed by atoms with Crippen LogP contribution in [0.4, 0.5) is 0 Å². The van der Waals surface area contributed by atoms with E-state index in [1.807, 2.05) is 0 Å². The summed E-state index contributed by atoms with van der Waals surface area (Å²) >= 11 is 0. The molecule has 0 N–H and O–H groups in total. The molecule has 2 rings (SSSR count). The molecule has 0 aromatic rings. The van der Waals surface area contributed by atoms with Crippen molar-refractivity contribution in [3.63, 3.8) is 0 Å². The average Bonchev–Trinajstić information content (AvgIpc) is 1.93. The van der Waals surface area contributed by atoms with Crippen molar-refractivity contribution in [1.29, 1.82) is 0 Å². The van der Waals surface area contributed by atoms with E-state index < -0.39 is 0 Å². The zero-order valence-corrected chi connectivity index (χ0v) is 7.94. The third kappa shape index (κ3) is 0.954. The second-order valence-electron chi connectivity index (χ2n) is 4.43. The maximum absolute atomic E-state index is 11.4. The van der Waals surface area contributed by atoms with Crippen LogP contribution in [0.15, 0.2) is 11.1 Å². The van der Waals surface area contributed by atoms with Gasteiger partial charge in [-0.25, -0.2) is 0 Å². The number of rotatable bonds is 0. The Labute approximate surface area is 73.8 Å². The molecular formula is C11H16O. The van der Waals surface area contributed by atoms with Crippen molar-refractivity contribution >= 4 is 5.78 Å². The normalized spacial score (nSPS) is 27.7. The van der Waals surface area contributed by atoms with Gasteiger partial charge in [-0.15, -0.1) is 0 Å². The maximum atomic E-state index is 11.4. The van der Waals surface area contributed by atoms with E-state index in [1.165, 1.54) is 30.4 Å². The van der Waals surface area contributed by atoms with Crippen LogP contribution in [0.5, 0.6) is 0 Å². The van der Waals surface area contributed by atoms with Gasteiger partial charge < -0.3 is 0 Å². The van der Waals surface area contributed by atoms with Crippen LogP contribution >= 0.6 is 0 Å². The molecule has 1 saturated carbocycles. The Kier molecular flexibility index (Phi) is 1.64. The Morgan fingerprint density at radius 1 is 1.25 bits per heavy atom. The smallest absolute Gasteiger partial charge is 0.137 e. The van der Waals surface area contributed by atoms with E-state index in [-0.39, 0.29) is 0 Å². The summed E-state index contributed by atoms with van der Waals surface area (Å²) in [5, 5.41) is 0. The van der Waals surface area contributed by atoms with Crippen LogP contribution < -0.4 is 0 Å². The number of hydrogen-bond donors (Lipinski definition) is 0. The minimum Gasteiger partial charge on any atom is -0.299 e. The summed E-state index contributed by atoms with van der Waals surface area (Å²) in [5.74, 6) is 0.456. The molecule has 0 amide bonds. The molecule has 2 aliphatic rings. The van der Waals surface area contributed by atoms with Crippen LogP contribution in [0, 0.1) is 5.41 Å². The predicted molar refractivity (Wildman–Crippen MR) is 48.9 cm³/mol. The lowest BCUT2D eigenvalue weighted by Gasteiger charge is -2.46. The number of ketones is 1. The maximum Gasteiger partial charge on any atom is 0.137 e. The van der Waals surface area contributed by atoms with Crippen LogP contribution in [-0.4, -0.2) is 5.78 Å². The Hall–Kier alpha value is -0.590. The molecule has 12 heavy (non-hydrogen) atoms. The topological polar surface area (TPSA) is 17.1 Å². The zero-order valence-electron chi connectivity index (χ0n) is 7.94. The first-order valence-corrected chi connectivity index (χ1v) is 4.83. The van der Waals surface area contributed by atoms with Gasteiger partial charge in [0.25, 0.3) is 0 Å². The van der Waals surface area contributed by atoms with E-state index in [2.05, 4.69) is 13.8 Å². The third-order valence-electron chi connectivity index (χ3n) is 3.74. The summed E-state index contributed by atoms with van der Waals surface area (Å²) in [6.07, 6.45) is 5.37. The van der Waals surface area contributed by atoms with E-state index in [9.17, 15) is 4.79 Å². The van der Waals surface area contributed by atoms with Gasteiger partial charge in [0.2, 0.25) is 0 Å². The summed E-state index contributed by atoms with van der Waals surface area (Å²) < 4.78 is 0. The number of carbonyl (C=O) groups is 1. The number of Topliss-reactive ketones (excluding diaryl/α,β-unsaturated/α-hetero) is 1. The van der Waals surface area contributed by atoms with Crippen molar-refractivity contribution in [2.75, 3.05) is 0 Å². The average molecular weight is 164 g/mol. The fourth-order valence-corrected chi connectivity index (χ4v) is 2.61. The van der Waals surface area contributed by atoms with E-state index in [0.29, 0.717) is 17.6 Å². The molecule has 0 aromatic heterocycles. The summed E-state index contributed by atoms with van der Waals surface area (Å²) in [4.78, 5) is 11.4. The fraction of sp³-hybridized carbons (Fsp3) is 0.727. The van der Waals surface area contributed by atoms with Gasteiger partial charge in [-0.05, 0) is 32.1 Å². The van der Waals surface area contributed by atoms with Crippen molar-refractivity contribution in [2.24, 2.45) is 5.41 Å². The van der Waals surface area contributed by atoms with Crippen LogP contribution in [-0.2, 0) is 4.79 Å². The highest BCUT2D eigenvalue weighted by molar-refractivity contribution is 5.84. The van der Waals surface area contributed by atoms with E-state index >= 15 is 0 Å². The number of carbonyl (C=O) groups excluding carboxylic acids is 1. The molecule has 0 aromatic carbocycles. The van der Waals surface area contributed by atoms with Crippen molar-refractivity contribution in [1.82, 2.24) is 0 Å². The Balaban J connectivity index is 2.34. The summed E-state index contributed by atoms with van der Waals surface area (Å²) in [7, 11) is 0. The zero-order chi connectivity index (χ0) is 8.77. The van der Waals surface area contributed by atoms with Crippen molar-refractivity contribution < 1.29 is 4.79 Å². The molecule has 2 aliphatic carbocycles. The molecule has 1 fully saturated rings. The Bertz CT molecular complexity index is 256. The fourth-order valence-electron chi connectivity index (χ4n) is 2.61. The molecule has 0 atom stereocenters. The van der Waals surface area contributed by atoms with E-state index in [4.69, 9.17) is 0 Å². The number of allylic oxidation sites excluding steroid dienone is 2. The molecule has 0 unspecified atom stereocenters. The molecule has 0 heterocycles. The van der Waals surface area contributed by atoms with Crippen molar-refractivity contribution in [3.8, 4) is 0 Å². The predicted octanol–water partition coefficient (Wildman–Crippen LogP) is 2.86. The van der Waals surface area contributed by atoms with Crippen molar-refractivity contribution in [2.45, 2.75) is 46.0 Å². The molecule has 0 saturated heterocycles. The van der Waals surface area contributed by atoms with Crippen LogP contribution in [0.1, 0.15) is 46.0 Å². The second kappa shape index (κ2) is 2.45. The Morgan fingerprint density at radius 2 is 1.92 bits per heavy atom. The van der Waals surface area contributed by atoms with Gasteiger partial charge in [-0.2, -0.15) is 0 Å². The van der Waals surface area contributed by atoms with Gasteiger partial charge in [-0.1, -0.05) is 17.6 Å². The van der Waals surface area contributed by atoms with Gasteiger partial charge >= 0.3 is 0 Å². The standard InChI is InChI=1S/C11H16O/c1-8-6-10(12)7-11(9(8)2)4-3-5-11/h3-7H2,1-2H3. The molecule has 0 bridgehead atoms. The molecule has 1 spiro atoms. The van der Waals surface area contributed by atoms with Crippen LogP contribution in [0.2, 0.25) is 0 Å². The van der Waals surface area contributed by atoms with Gasteiger partial charge in [0.05, 0.1) is 0 Å². The molecule has 66 valence electrons. The summed E-state index contributed by atoms with van der Waals surface area (Å²) in [5.41, 5.74) is 3.19. The minimum absolute atomic E-state index is 0.333. The van der Waals surface area contributed by atoms with Crippen molar-refractivity contribution in [3.05, 3.63) is 11.1 Å². The number of hydrogen-bond acceptors (Lipinski definition) is 1. The van der Waals surface area contributed by atoms with E-state index in [0.717, 1.165) is 6.42 Å².